The lowest BCUT2D eigenvalue weighted by Crippen LogP contribution is -2.41. The molecule has 0 radical (unpaired) electrons. The van der Waals surface area contributed by atoms with Crippen LogP contribution in [0.4, 0.5) is 5.69 Å². The number of carbonyl (C=O) groups excluding carboxylic acids is 2. The third-order valence-corrected chi connectivity index (χ3v) is 6.31. The van der Waals surface area contributed by atoms with E-state index in [0.717, 1.165) is 42.1 Å². The Hall–Kier alpha value is -1.82. The van der Waals surface area contributed by atoms with Gasteiger partial charge >= 0.3 is 0 Å². The summed E-state index contributed by atoms with van der Waals surface area (Å²) in [7, 11) is 0. The van der Waals surface area contributed by atoms with Crippen LogP contribution < -0.4 is 5.32 Å². The van der Waals surface area contributed by atoms with Crippen molar-refractivity contribution >= 4 is 34.4 Å². The molecule has 1 aliphatic carbocycles. The van der Waals surface area contributed by atoms with Crippen molar-refractivity contribution in [1.29, 1.82) is 0 Å². The zero-order valence-corrected chi connectivity index (χ0v) is 17.1. The summed E-state index contributed by atoms with van der Waals surface area (Å²) < 4.78 is 0. The van der Waals surface area contributed by atoms with Crippen LogP contribution >= 0.6 is 11.8 Å². The summed E-state index contributed by atoms with van der Waals surface area (Å²) in [6.07, 6.45) is 7.08. The van der Waals surface area contributed by atoms with Crippen LogP contribution in [0.3, 0.4) is 0 Å². The molecule has 27 heavy (non-hydrogen) atoms. The summed E-state index contributed by atoms with van der Waals surface area (Å²) >= 11 is 1.46. The van der Waals surface area contributed by atoms with Gasteiger partial charge in [0.1, 0.15) is 5.25 Å². The Morgan fingerprint density at radius 2 is 2.00 bits per heavy atom. The Morgan fingerprint density at radius 1 is 1.26 bits per heavy atom. The first-order chi connectivity index (χ1) is 13.1. The molecule has 1 atom stereocenters. The molecule has 1 aromatic carbocycles. The summed E-state index contributed by atoms with van der Waals surface area (Å²) in [4.78, 5) is 32.1. The van der Waals surface area contributed by atoms with Crippen molar-refractivity contribution in [2.24, 2.45) is 4.99 Å². The number of hydrogen-bond donors (Lipinski definition) is 1. The van der Waals surface area contributed by atoms with Crippen molar-refractivity contribution in [3.63, 3.8) is 0 Å². The number of carbonyl (C=O) groups is 2. The van der Waals surface area contributed by atoms with Crippen molar-refractivity contribution in [3.8, 4) is 0 Å². The maximum atomic E-state index is 13.1. The number of amides is 2. The van der Waals surface area contributed by atoms with Crippen LogP contribution in [-0.2, 0) is 9.59 Å². The second-order valence-electron chi connectivity index (χ2n) is 7.34. The number of nitrogens with zero attached hydrogens (tertiary/aromatic N) is 2. The fourth-order valence-electron chi connectivity index (χ4n) is 3.82. The highest BCUT2D eigenvalue weighted by atomic mass is 32.2. The Kier molecular flexibility index (Phi) is 6.94. The number of amidine groups is 1. The van der Waals surface area contributed by atoms with Crippen molar-refractivity contribution < 1.29 is 9.59 Å². The molecule has 0 bridgehead atoms. The van der Waals surface area contributed by atoms with Gasteiger partial charge in [-0.05, 0) is 44.4 Å². The predicted molar refractivity (Wildman–Crippen MR) is 112 cm³/mol. The monoisotopic (exact) mass is 387 g/mol. The van der Waals surface area contributed by atoms with Gasteiger partial charge in [0.15, 0.2) is 5.17 Å². The van der Waals surface area contributed by atoms with Gasteiger partial charge in [0.2, 0.25) is 11.8 Å². The van der Waals surface area contributed by atoms with Crippen molar-refractivity contribution in [3.05, 3.63) is 29.8 Å². The number of anilines is 1. The number of aryl methyl sites for hydroxylation is 1. The van der Waals surface area contributed by atoms with Gasteiger partial charge in [-0.3, -0.25) is 19.5 Å². The number of aliphatic imine (C=N–C) groups is 1. The highest BCUT2D eigenvalue weighted by Gasteiger charge is 2.42. The maximum absolute atomic E-state index is 13.1. The lowest BCUT2D eigenvalue weighted by atomic mass is 10.1. The van der Waals surface area contributed by atoms with Crippen LogP contribution in [0, 0.1) is 6.92 Å². The number of nitrogens with one attached hydrogen (secondary N) is 1. The van der Waals surface area contributed by atoms with Gasteiger partial charge in [-0.2, -0.15) is 0 Å². The zero-order valence-electron chi connectivity index (χ0n) is 16.2. The van der Waals surface area contributed by atoms with Crippen LogP contribution in [0.5, 0.6) is 0 Å². The van der Waals surface area contributed by atoms with Crippen LogP contribution in [0.25, 0.3) is 0 Å². The fraction of sp³-hybridized carbons (Fsp3) is 0.571. The molecule has 6 heteroatoms. The third kappa shape index (κ3) is 5.12. The molecule has 2 aliphatic rings. The number of rotatable bonds is 5. The molecule has 0 unspecified atom stereocenters. The second-order valence-corrected chi connectivity index (χ2v) is 8.51. The van der Waals surface area contributed by atoms with Gasteiger partial charge in [0.25, 0.3) is 0 Å². The molecule has 1 aromatic rings. The lowest BCUT2D eigenvalue weighted by molar-refractivity contribution is -0.129. The third-order valence-electron chi connectivity index (χ3n) is 5.12. The standard InChI is InChI=1S/C21H29N3O2S/c1-3-22-21-24(17-11-6-4-5-7-12-17)20(26)18(27-21)14-19(25)23-16-10-8-9-15(2)13-16/h8-10,13,17-18H,3-7,11-12,14H2,1-2H3,(H,23,25)/t18-/m0/s1. The topological polar surface area (TPSA) is 61.8 Å². The van der Waals surface area contributed by atoms with Crippen molar-refractivity contribution in [2.75, 3.05) is 11.9 Å². The Labute approximate surface area is 166 Å². The molecule has 5 nitrogen and oxygen atoms in total. The Morgan fingerprint density at radius 3 is 2.67 bits per heavy atom. The fourth-order valence-corrected chi connectivity index (χ4v) is 5.08. The van der Waals surface area contributed by atoms with Crippen molar-refractivity contribution in [2.45, 2.75) is 70.1 Å². The van der Waals surface area contributed by atoms with Crippen LogP contribution in [0.15, 0.2) is 29.3 Å². The van der Waals surface area contributed by atoms with Crippen LogP contribution in [-0.4, -0.2) is 39.7 Å². The summed E-state index contributed by atoms with van der Waals surface area (Å²) in [5, 5.41) is 3.35. The molecule has 1 heterocycles. The minimum absolute atomic E-state index is 0.0542. The average molecular weight is 388 g/mol. The molecule has 1 saturated carbocycles. The summed E-state index contributed by atoms with van der Waals surface area (Å²) in [5.74, 6) is -0.0662. The summed E-state index contributed by atoms with van der Waals surface area (Å²) in [6, 6.07) is 7.95. The van der Waals surface area contributed by atoms with E-state index in [9.17, 15) is 9.59 Å². The molecule has 3 rings (SSSR count). The van der Waals surface area contributed by atoms with Gasteiger partial charge in [-0.15, -0.1) is 0 Å². The van der Waals surface area contributed by atoms with E-state index in [1.165, 1.54) is 24.6 Å². The second kappa shape index (κ2) is 9.40. The molecule has 2 fully saturated rings. The lowest BCUT2D eigenvalue weighted by Gasteiger charge is -2.26. The minimum Gasteiger partial charge on any atom is -0.326 e. The maximum Gasteiger partial charge on any atom is 0.242 e. The molecule has 1 aliphatic heterocycles. The van der Waals surface area contributed by atoms with Gasteiger partial charge in [0, 0.05) is 24.7 Å². The molecule has 2 amide bonds. The molecule has 1 N–H and O–H groups in total. The normalized spacial score (nSPS) is 22.9. The SMILES string of the molecule is CCN=C1S[C@@H](CC(=O)Nc2cccc(C)c2)C(=O)N1C1CCCCCC1. The van der Waals surface area contributed by atoms with Gasteiger partial charge in [-0.25, -0.2) is 0 Å². The first kappa shape index (κ1) is 19.9. The average Bonchev–Trinajstić information content (AvgIpc) is 2.80. The van der Waals surface area contributed by atoms with E-state index < -0.39 is 0 Å². The molecular formula is C21H29N3O2S. The summed E-state index contributed by atoms with van der Waals surface area (Å²) in [5.41, 5.74) is 1.87. The molecular weight excluding hydrogens is 358 g/mol. The quantitative estimate of drug-likeness (QED) is 0.763. The van der Waals surface area contributed by atoms with E-state index in [-0.39, 0.29) is 29.5 Å². The molecule has 146 valence electrons. The summed E-state index contributed by atoms with van der Waals surface area (Å²) in [6.45, 7) is 4.63. The largest absolute Gasteiger partial charge is 0.326 e. The minimum atomic E-state index is -0.372. The highest BCUT2D eigenvalue weighted by Crippen LogP contribution is 2.35. The first-order valence-electron chi connectivity index (χ1n) is 9.99. The van der Waals surface area contributed by atoms with Crippen LogP contribution in [0.2, 0.25) is 0 Å². The highest BCUT2D eigenvalue weighted by molar-refractivity contribution is 8.15. The van der Waals surface area contributed by atoms with E-state index in [4.69, 9.17) is 0 Å². The molecule has 0 aromatic heterocycles. The van der Waals surface area contributed by atoms with Gasteiger partial charge in [-0.1, -0.05) is 49.6 Å². The van der Waals surface area contributed by atoms with Crippen molar-refractivity contribution in [1.82, 2.24) is 4.90 Å². The number of hydrogen-bond acceptors (Lipinski definition) is 4. The van der Waals surface area contributed by atoms with Gasteiger partial charge in [0.05, 0.1) is 0 Å². The van der Waals surface area contributed by atoms with E-state index in [0.29, 0.717) is 6.54 Å². The first-order valence-corrected chi connectivity index (χ1v) is 10.9. The molecule has 0 spiro atoms. The van der Waals surface area contributed by atoms with E-state index in [1.54, 1.807) is 0 Å². The zero-order chi connectivity index (χ0) is 19.2. The Bertz CT molecular complexity index is 711. The van der Waals surface area contributed by atoms with Crippen LogP contribution in [0.1, 0.15) is 57.4 Å². The number of benzene rings is 1. The van der Waals surface area contributed by atoms with E-state index >= 15 is 0 Å². The molecule has 1 saturated heterocycles. The van der Waals surface area contributed by atoms with E-state index in [2.05, 4.69) is 10.3 Å². The number of thioether (sulfide) groups is 1. The smallest absolute Gasteiger partial charge is 0.242 e. The van der Waals surface area contributed by atoms with Gasteiger partial charge < -0.3 is 5.32 Å². The predicted octanol–water partition coefficient (Wildman–Crippen LogP) is 4.37. The Balaban J connectivity index is 1.67. The van der Waals surface area contributed by atoms with E-state index in [1.807, 2.05) is 43.0 Å².